The van der Waals surface area contributed by atoms with Gasteiger partial charge in [-0.3, -0.25) is 4.90 Å². The molecule has 4 aromatic rings. The fourth-order valence-electron chi connectivity index (χ4n) is 6.17. The number of hydrogen-bond donors (Lipinski definition) is 1. The van der Waals surface area contributed by atoms with Crippen molar-refractivity contribution in [1.29, 1.82) is 0 Å². The highest BCUT2D eigenvalue weighted by atomic mass is 35.5. The number of thiazole rings is 1. The minimum Gasteiger partial charge on any atom is -0.378 e. The van der Waals surface area contributed by atoms with E-state index in [-0.39, 0.29) is 13.2 Å². The highest BCUT2D eigenvalue weighted by Crippen LogP contribution is 2.44. The van der Waals surface area contributed by atoms with Crippen LogP contribution in [0.25, 0.3) is 21.5 Å². The number of nitrogens with zero attached hydrogens (tertiary/aromatic N) is 4. The summed E-state index contributed by atoms with van der Waals surface area (Å²) in [5.74, 6) is -0.457. The van der Waals surface area contributed by atoms with Crippen molar-refractivity contribution in [2.24, 2.45) is 0 Å². The van der Waals surface area contributed by atoms with Gasteiger partial charge in [0, 0.05) is 47.0 Å². The summed E-state index contributed by atoms with van der Waals surface area (Å²) in [5, 5.41) is 12.3. The summed E-state index contributed by atoms with van der Waals surface area (Å²) in [6.07, 6.45) is 12.6. The zero-order valence-electron chi connectivity index (χ0n) is 23.1. The largest absolute Gasteiger partial charge is 0.378 e. The lowest BCUT2D eigenvalue weighted by atomic mass is 9.83. The van der Waals surface area contributed by atoms with Crippen molar-refractivity contribution in [2.75, 3.05) is 26.3 Å². The lowest BCUT2D eigenvalue weighted by Crippen LogP contribution is -2.46. The third kappa shape index (κ3) is 4.56. The average molecular weight is 623 g/mol. The van der Waals surface area contributed by atoms with Gasteiger partial charge in [0.05, 0.1) is 18.1 Å². The fourth-order valence-corrected chi connectivity index (χ4v) is 9.37. The Morgan fingerprint density at radius 2 is 1.88 bits per heavy atom. The molecule has 0 saturated carbocycles. The van der Waals surface area contributed by atoms with Crippen LogP contribution >= 0.6 is 22.9 Å². The molecule has 2 atom stereocenters. The van der Waals surface area contributed by atoms with Gasteiger partial charge in [-0.25, -0.2) is 22.4 Å². The molecule has 42 heavy (non-hydrogen) atoms. The smallest absolute Gasteiger partial charge is 0.250 e. The fraction of sp³-hybridized carbons (Fsp3) is 0.355. The van der Waals surface area contributed by atoms with E-state index in [1.54, 1.807) is 43.7 Å². The number of pyridine rings is 1. The number of ether oxygens (including phenoxy) is 1. The summed E-state index contributed by atoms with van der Waals surface area (Å²) in [4.78, 5) is 12.2. The molecule has 2 fully saturated rings. The molecule has 7 rings (SSSR count). The topological polar surface area (TPSA) is 97.5 Å². The average Bonchev–Trinajstić information content (AvgIpc) is 3.73. The number of allylic oxidation sites excluding steroid dienone is 3. The molecule has 11 heteroatoms. The summed E-state index contributed by atoms with van der Waals surface area (Å²) < 4.78 is 34.2. The lowest BCUT2D eigenvalue weighted by molar-refractivity contribution is -0.184. The van der Waals surface area contributed by atoms with Crippen molar-refractivity contribution >= 4 is 44.0 Å². The Bertz CT molecular complexity index is 1820. The summed E-state index contributed by atoms with van der Waals surface area (Å²) >= 11 is 7.84. The van der Waals surface area contributed by atoms with E-state index >= 15 is 0 Å². The van der Waals surface area contributed by atoms with Gasteiger partial charge in [-0.1, -0.05) is 41.9 Å². The number of halogens is 1. The van der Waals surface area contributed by atoms with Crippen molar-refractivity contribution in [3.05, 3.63) is 94.4 Å². The van der Waals surface area contributed by atoms with Crippen LogP contribution < -0.4 is 0 Å². The van der Waals surface area contributed by atoms with Crippen molar-refractivity contribution < 1.29 is 18.3 Å². The van der Waals surface area contributed by atoms with Gasteiger partial charge in [0.25, 0.3) is 0 Å². The quantitative estimate of drug-likeness (QED) is 0.295. The molecule has 0 spiro atoms. The highest BCUT2D eigenvalue weighted by molar-refractivity contribution is 7.91. The first-order chi connectivity index (χ1) is 20.2. The Morgan fingerprint density at radius 3 is 2.60 bits per heavy atom. The van der Waals surface area contributed by atoms with Crippen LogP contribution in [0.1, 0.15) is 41.8 Å². The molecule has 1 aliphatic carbocycles. The molecular weight excluding hydrogens is 592 g/mol. The van der Waals surface area contributed by atoms with E-state index in [4.69, 9.17) is 16.3 Å². The normalized spacial score (nSPS) is 24.2. The van der Waals surface area contributed by atoms with E-state index in [0.717, 1.165) is 35.6 Å². The summed E-state index contributed by atoms with van der Waals surface area (Å²) in [5.41, 5.74) is 2.18. The van der Waals surface area contributed by atoms with Crippen molar-refractivity contribution in [1.82, 2.24) is 18.8 Å². The minimum absolute atomic E-state index is 0.214. The Morgan fingerprint density at radius 1 is 1.12 bits per heavy atom. The second-order valence-corrected chi connectivity index (χ2v) is 15.2. The van der Waals surface area contributed by atoms with Crippen molar-refractivity contribution in [3.8, 4) is 10.4 Å². The molecule has 1 N–H and O–H groups in total. The van der Waals surface area contributed by atoms with E-state index in [9.17, 15) is 13.5 Å². The first kappa shape index (κ1) is 27.9. The van der Waals surface area contributed by atoms with Gasteiger partial charge in [0.15, 0.2) is 11.2 Å². The van der Waals surface area contributed by atoms with Crippen LogP contribution in [-0.4, -0.2) is 63.4 Å². The first-order valence-corrected chi connectivity index (χ1v) is 16.7. The Balaban J connectivity index is 1.25. The highest BCUT2D eigenvalue weighted by Gasteiger charge is 2.47. The molecule has 2 saturated heterocycles. The van der Waals surface area contributed by atoms with Gasteiger partial charge >= 0.3 is 0 Å². The van der Waals surface area contributed by atoms with Crippen LogP contribution in [0.3, 0.4) is 0 Å². The van der Waals surface area contributed by atoms with Crippen LogP contribution in [0.15, 0.2) is 78.2 Å². The molecule has 1 aromatic carbocycles. The number of aromatic nitrogens is 3. The molecular formula is C31H31ClN4O4S2. The summed E-state index contributed by atoms with van der Waals surface area (Å²) in [6.45, 7) is 5.30. The van der Waals surface area contributed by atoms with Gasteiger partial charge in [0.1, 0.15) is 9.75 Å². The van der Waals surface area contributed by atoms with E-state index < -0.39 is 26.3 Å². The predicted octanol–water partition coefficient (Wildman–Crippen LogP) is 5.39. The molecule has 2 unspecified atom stereocenters. The number of likely N-dealkylation sites (tertiary alicyclic amines) is 1. The second kappa shape index (κ2) is 10.4. The molecule has 3 aromatic heterocycles. The molecule has 0 radical (unpaired) electrons. The molecule has 0 amide bonds. The van der Waals surface area contributed by atoms with Crippen molar-refractivity contribution in [3.63, 3.8) is 0 Å². The third-order valence-electron chi connectivity index (χ3n) is 8.65. The second-order valence-electron chi connectivity index (χ2n) is 11.5. The van der Waals surface area contributed by atoms with Gasteiger partial charge in [-0.05, 0) is 68.3 Å². The van der Waals surface area contributed by atoms with Gasteiger partial charge in [-0.15, -0.1) is 11.3 Å². The number of fused-ring (bicyclic) bond motifs is 1. The molecule has 218 valence electrons. The maximum atomic E-state index is 14.6. The monoisotopic (exact) mass is 622 g/mol. The molecule has 5 heterocycles. The van der Waals surface area contributed by atoms with Crippen LogP contribution in [-0.2, 0) is 26.9 Å². The van der Waals surface area contributed by atoms with E-state index in [2.05, 4.69) is 27.0 Å². The van der Waals surface area contributed by atoms with Gasteiger partial charge in [-0.2, -0.15) is 0 Å². The zero-order valence-corrected chi connectivity index (χ0v) is 25.5. The first-order valence-electron chi connectivity index (χ1n) is 14.0. The third-order valence-corrected chi connectivity index (χ3v) is 12.4. The lowest BCUT2D eigenvalue weighted by Gasteiger charge is -2.36. The van der Waals surface area contributed by atoms with Crippen LogP contribution in [0.5, 0.6) is 0 Å². The zero-order chi connectivity index (χ0) is 29.1. The van der Waals surface area contributed by atoms with Crippen LogP contribution in [0.2, 0.25) is 0 Å². The maximum Gasteiger partial charge on any atom is 0.250 e. The predicted molar refractivity (Wildman–Crippen MR) is 165 cm³/mol. The summed E-state index contributed by atoms with van der Waals surface area (Å²) in [7, 11) is -4.05. The van der Waals surface area contributed by atoms with E-state index in [0.29, 0.717) is 21.1 Å². The standard InChI is InChI=1S/C31H31ClN4O4S2/c1-30(16-23(32)8-9-26(30)22-6-4-21(5-7-22)18-35-13-2-3-14-35)42(38,39)36-15-11-25-24(10-12-33-28(25)36)27-17-34-29(41-27)31(37)19-40-20-31/h4-12,15-17,26,37H,2-3,13-14,18-20H2,1H3. The van der Waals surface area contributed by atoms with Gasteiger partial charge in [0.2, 0.25) is 10.0 Å². The van der Waals surface area contributed by atoms with Crippen molar-refractivity contribution in [2.45, 2.75) is 42.6 Å². The summed E-state index contributed by atoms with van der Waals surface area (Å²) in [6, 6.07) is 11.9. The minimum atomic E-state index is -4.05. The number of hydrogen-bond acceptors (Lipinski definition) is 8. The molecule has 0 bridgehead atoms. The number of aliphatic hydroxyl groups is 1. The Labute approximate surface area is 254 Å². The number of benzene rings is 1. The van der Waals surface area contributed by atoms with Gasteiger partial charge < -0.3 is 9.84 Å². The molecule has 3 aliphatic rings. The van der Waals surface area contributed by atoms with E-state index in [1.165, 1.54) is 33.7 Å². The molecule has 8 nitrogen and oxygen atoms in total. The SMILES string of the molecule is CC1(S(=O)(=O)n2ccc3c(-c4cnc(C5(O)COC5)s4)ccnc32)C=C(Cl)C=CC1c1ccc(CN2CCCC2)cc1. The Kier molecular flexibility index (Phi) is 6.92. The Hall–Kier alpha value is -2.86. The van der Waals surface area contributed by atoms with Crippen LogP contribution in [0, 0.1) is 0 Å². The maximum absolute atomic E-state index is 14.6. The number of rotatable bonds is 7. The van der Waals surface area contributed by atoms with E-state index in [1.807, 2.05) is 24.3 Å². The molecule has 2 aliphatic heterocycles. The van der Waals surface area contributed by atoms with Crippen LogP contribution in [0.4, 0.5) is 0 Å².